The van der Waals surface area contributed by atoms with Gasteiger partial charge in [-0.3, -0.25) is 4.98 Å². The number of rotatable bonds is 5. The van der Waals surface area contributed by atoms with Crippen molar-refractivity contribution in [2.24, 2.45) is 0 Å². The largest absolute Gasteiger partial charge is 0.305 e. The van der Waals surface area contributed by atoms with Gasteiger partial charge in [-0.05, 0) is 19.0 Å². The van der Waals surface area contributed by atoms with E-state index in [9.17, 15) is 0 Å². The molecule has 2 aromatic heterocycles. The van der Waals surface area contributed by atoms with E-state index in [1.165, 1.54) is 10.9 Å². The van der Waals surface area contributed by atoms with Crippen LogP contribution in [0.15, 0.2) is 47.4 Å². The van der Waals surface area contributed by atoms with E-state index < -0.39 is 0 Å². The number of hydrogen-bond acceptors (Lipinski definition) is 4. The standard InChI is InChI=1S/C16H17N3S/c1-2-8-17-16(14-10-20-11-19-14)13-7-3-5-12-6-4-9-18-15(12)13/h3-7,9-11,16-17H,2,8H2,1H3. The molecule has 2 heterocycles. The van der Waals surface area contributed by atoms with Crippen molar-refractivity contribution in [2.75, 3.05) is 6.54 Å². The summed E-state index contributed by atoms with van der Waals surface area (Å²) in [4.78, 5) is 9.04. The molecule has 3 rings (SSSR count). The van der Waals surface area contributed by atoms with Crippen molar-refractivity contribution in [3.8, 4) is 0 Å². The minimum absolute atomic E-state index is 0.111. The van der Waals surface area contributed by atoms with E-state index in [2.05, 4.69) is 51.9 Å². The topological polar surface area (TPSA) is 37.8 Å². The smallest absolute Gasteiger partial charge is 0.0795 e. The second-order valence-electron chi connectivity index (χ2n) is 4.72. The Morgan fingerprint density at radius 2 is 2.10 bits per heavy atom. The Labute approximate surface area is 122 Å². The maximum Gasteiger partial charge on any atom is 0.0795 e. The van der Waals surface area contributed by atoms with Crippen molar-refractivity contribution in [3.63, 3.8) is 0 Å². The van der Waals surface area contributed by atoms with Gasteiger partial charge in [0.25, 0.3) is 0 Å². The monoisotopic (exact) mass is 283 g/mol. The van der Waals surface area contributed by atoms with Crippen LogP contribution in [-0.4, -0.2) is 16.5 Å². The molecule has 0 bridgehead atoms. The first-order chi connectivity index (χ1) is 9.90. The number of nitrogens with zero attached hydrogens (tertiary/aromatic N) is 2. The summed E-state index contributed by atoms with van der Waals surface area (Å²) in [6, 6.07) is 10.5. The van der Waals surface area contributed by atoms with Gasteiger partial charge in [0.2, 0.25) is 0 Å². The second-order valence-corrected chi connectivity index (χ2v) is 5.44. The van der Waals surface area contributed by atoms with Crippen LogP contribution in [0.3, 0.4) is 0 Å². The number of fused-ring (bicyclic) bond motifs is 1. The zero-order chi connectivity index (χ0) is 13.8. The fourth-order valence-electron chi connectivity index (χ4n) is 2.39. The minimum atomic E-state index is 0.111. The van der Waals surface area contributed by atoms with E-state index in [1.807, 2.05) is 17.8 Å². The summed E-state index contributed by atoms with van der Waals surface area (Å²) in [5.41, 5.74) is 5.20. The third-order valence-electron chi connectivity index (χ3n) is 3.32. The summed E-state index contributed by atoms with van der Waals surface area (Å²) >= 11 is 1.63. The van der Waals surface area contributed by atoms with Crippen molar-refractivity contribution < 1.29 is 0 Å². The van der Waals surface area contributed by atoms with Gasteiger partial charge in [-0.15, -0.1) is 11.3 Å². The van der Waals surface area contributed by atoms with E-state index in [-0.39, 0.29) is 6.04 Å². The molecule has 0 spiro atoms. The summed E-state index contributed by atoms with van der Waals surface area (Å²) in [6.07, 6.45) is 2.95. The second kappa shape index (κ2) is 6.11. The number of thiazole rings is 1. The van der Waals surface area contributed by atoms with Crippen LogP contribution in [0, 0.1) is 0 Å². The van der Waals surface area contributed by atoms with E-state index >= 15 is 0 Å². The minimum Gasteiger partial charge on any atom is -0.305 e. The van der Waals surface area contributed by atoms with Crippen LogP contribution in [0.2, 0.25) is 0 Å². The average molecular weight is 283 g/mol. The summed E-state index contributed by atoms with van der Waals surface area (Å²) < 4.78 is 0. The zero-order valence-electron chi connectivity index (χ0n) is 11.4. The fraction of sp³-hybridized carbons (Fsp3) is 0.250. The summed E-state index contributed by atoms with van der Waals surface area (Å²) in [5.74, 6) is 0. The van der Waals surface area contributed by atoms with Crippen molar-refractivity contribution in [2.45, 2.75) is 19.4 Å². The first-order valence-electron chi connectivity index (χ1n) is 6.85. The molecule has 0 aliphatic heterocycles. The number of aromatic nitrogens is 2. The molecule has 102 valence electrons. The Kier molecular flexibility index (Phi) is 4.04. The van der Waals surface area contributed by atoms with Gasteiger partial charge >= 0.3 is 0 Å². The number of para-hydroxylation sites is 1. The first kappa shape index (κ1) is 13.2. The fourth-order valence-corrected chi connectivity index (χ4v) is 2.97. The van der Waals surface area contributed by atoms with Crippen molar-refractivity contribution in [1.29, 1.82) is 0 Å². The molecule has 3 nitrogen and oxygen atoms in total. The van der Waals surface area contributed by atoms with Crippen LogP contribution in [0.4, 0.5) is 0 Å². The first-order valence-corrected chi connectivity index (χ1v) is 7.79. The SMILES string of the molecule is CCCNC(c1cscn1)c1cccc2cccnc12. The van der Waals surface area contributed by atoms with Gasteiger partial charge in [0.1, 0.15) is 0 Å². The molecule has 3 aromatic rings. The van der Waals surface area contributed by atoms with E-state index in [4.69, 9.17) is 0 Å². The highest BCUT2D eigenvalue weighted by molar-refractivity contribution is 7.07. The molecule has 1 atom stereocenters. The molecule has 1 unspecified atom stereocenters. The Morgan fingerprint density at radius 3 is 2.90 bits per heavy atom. The van der Waals surface area contributed by atoms with Crippen molar-refractivity contribution in [1.82, 2.24) is 15.3 Å². The summed E-state index contributed by atoms with van der Waals surface area (Å²) in [7, 11) is 0. The molecule has 0 saturated heterocycles. The number of nitrogens with one attached hydrogen (secondary N) is 1. The molecular weight excluding hydrogens is 266 g/mol. The highest BCUT2D eigenvalue weighted by Crippen LogP contribution is 2.27. The Balaban J connectivity index is 2.09. The highest BCUT2D eigenvalue weighted by atomic mass is 32.1. The molecule has 0 fully saturated rings. The zero-order valence-corrected chi connectivity index (χ0v) is 12.2. The van der Waals surface area contributed by atoms with E-state index in [0.29, 0.717) is 0 Å². The van der Waals surface area contributed by atoms with Crippen molar-refractivity contribution >= 4 is 22.2 Å². The van der Waals surface area contributed by atoms with Crippen LogP contribution in [-0.2, 0) is 0 Å². The lowest BCUT2D eigenvalue weighted by molar-refractivity contribution is 0.591. The average Bonchev–Trinajstić information content (AvgIpc) is 3.02. The van der Waals surface area contributed by atoms with Crippen LogP contribution in [0.1, 0.15) is 30.6 Å². The van der Waals surface area contributed by atoms with Crippen molar-refractivity contribution in [3.05, 3.63) is 58.7 Å². The van der Waals surface area contributed by atoms with Crippen LogP contribution < -0.4 is 5.32 Å². The predicted octanol–water partition coefficient (Wildman–Crippen LogP) is 3.78. The molecule has 4 heteroatoms. The number of benzene rings is 1. The lowest BCUT2D eigenvalue weighted by Gasteiger charge is -2.18. The van der Waals surface area contributed by atoms with Crippen LogP contribution in [0.25, 0.3) is 10.9 Å². The molecule has 20 heavy (non-hydrogen) atoms. The Bertz CT molecular complexity index is 674. The van der Waals surface area contributed by atoms with Gasteiger partial charge in [0.15, 0.2) is 0 Å². The molecule has 1 aromatic carbocycles. The van der Waals surface area contributed by atoms with Crippen LogP contribution in [0.5, 0.6) is 0 Å². The molecule has 1 N–H and O–H groups in total. The maximum atomic E-state index is 4.56. The van der Waals surface area contributed by atoms with Gasteiger partial charge in [0.05, 0.1) is 22.8 Å². The van der Waals surface area contributed by atoms with Gasteiger partial charge < -0.3 is 5.32 Å². The molecule has 0 radical (unpaired) electrons. The van der Waals surface area contributed by atoms with Crippen LogP contribution >= 0.6 is 11.3 Å². The molecular formula is C16H17N3S. The molecule has 0 amide bonds. The summed E-state index contributed by atoms with van der Waals surface area (Å²) in [6.45, 7) is 3.14. The maximum absolute atomic E-state index is 4.56. The van der Waals surface area contributed by atoms with Gasteiger partial charge in [-0.2, -0.15) is 0 Å². The number of hydrogen-bond donors (Lipinski definition) is 1. The third-order valence-corrected chi connectivity index (χ3v) is 3.93. The van der Waals surface area contributed by atoms with Gasteiger partial charge in [-0.1, -0.05) is 31.2 Å². The lowest BCUT2D eigenvalue weighted by Crippen LogP contribution is -2.23. The summed E-state index contributed by atoms with van der Waals surface area (Å²) in [5, 5.41) is 6.86. The molecule has 0 aliphatic rings. The van der Waals surface area contributed by atoms with E-state index in [0.717, 1.165) is 24.2 Å². The Morgan fingerprint density at radius 1 is 1.20 bits per heavy atom. The highest BCUT2D eigenvalue weighted by Gasteiger charge is 2.18. The third kappa shape index (κ3) is 2.57. The lowest BCUT2D eigenvalue weighted by atomic mass is 10.0. The predicted molar refractivity (Wildman–Crippen MR) is 84.0 cm³/mol. The van der Waals surface area contributed by atoms with Gasteiger partial charge in [-0.25, -0.2) is 4.98 Å². The normalized spacial score (nSPS) is 12.7. The van der Waals surface area contributed by atoms with Gasteiger partial charge in [0, 0.05) is 22.5 Å². The quantitative estimate of drug-likeness (QED) is 0.774. The molecule has 0 saturated carbocycles. The molecule has 0 aliphatic carbocycles. The number of pyridine rings is 1. The Hall–Kier alpha value is -1.78. The van der Waals surface area contributed by atoms with E-state index in [1.54, 1.807) is 11.3 Å².